The molecule has 0 aliphatic rings. The zero-order valence-corrected chi connectivity index (χ0v) is 19.9. The van der Waals surface area contributed by atoms with Gasteiger partial charge in [0.15, 0.2) is 0 Å². The number of carboxylic acid groups (broad SMARTS) is 1. The number of carboxylic acids is 1. The summed E-state index contributed by atoms with van der Waals surface area (Å²) in [4.78, 5) is 49.8. The molecule has 8 N–H and O–H groups in total. The van der Waals surface area contributed by atoms with Crippen molar-refractivity contribution < 1.29 is 34.5 Å². The Balaban J connectivity index is 2.99. The molecule has 0 aromatic heterocycles. The Morgan fingerprint density at radius 1 is 0.853 bits per heavy atom. The SMILES string of the molecule is CCC(C)C(NC(=O)C(N)C(C)O)C(=O)NC(C(=O)NC(Cc1ccccc1)C(=O)O)C(C)O. The van der Waals surface area contributed by atoms with Gasteiger partial charge in [0.1, 0.15) is 24.2 Å². The highest BCUT2D eigenvalue weighted by molar-refractivity contribution is 5.94. The lowest BCUT2D eigenvalue weighted by Crippen LogP contribution is -2.61. The Morgan fingerprint density at radius 3 is 1.85 bits per heavy atom. The highest BCUT2D eigenvalue weighted by atomic mass is 16.4. The quantitative estimate of drug-likeness (QED) is 0.185. The third kappa shape index (κ3) is 8.73. The maximum atomic E-state index is 13.0. The highest BCUT2D eigenvalue weighted by Crippen LogP contribution is 2.10. The standard InChI is InChI=1S/C23H36N4O7/c1-5-12(2)18(26-20(30)17(24)13(3)28)21(31)27-19(14(4)29)22(32)25-16(23(33)34)11-15-9-7-6-8-10-15/h6-10,12-14,16-19,28-29H,5,11,24H2,1-4H3,(H,25,32)(H,26,30)(H,27,31)(H,33,34). The molecule has 11 heteroatoms. The Bertz CT molecular complexity index is 832. The van der Waals surface area contributed by atoms with Crippen molar-refractivity contribution in [3.63, 3.8) is 0 Å². The minimum atomic E-state index is -1.47. The molecule has 0 aliphatic carbocycles. The van der Waals surface area contributed by atoms with Crippen LogP contribution in [0, 0.1) is 5.92 Å². The molecule has 0 radical (unpaired) electrons. The number of nitrogens with one attached hydrogen (secondary N) is 3. The van der Waals surface area contributed by atoms with Crippen LogP contribution in [0.15, 0.2) is 30.3 Å². The number of aliphatic hydroxyl groups excluding tert-OH is 2. The van der Waals surface area contributed by atoms with Crippen LogP contribution in [0.25, 0.3) is 0 Å². The first-order chi connectivity index (χ1) is 15.9. The van der Waals surface area contributed by atoms with E-state index in [0.29, 0.717) is 12.0 Å². The first kappa shape index (κ1) is 29.0. The Labute approximate surface area is 199 Å². The number of amides is 3. The van der Waals surface area contributed by atoms with E-state index in [1.807, 2.05) is 0 Å². The number of hydrogen-bond donors (Lipinski definition) is 7. The molecule has 0 aliphatic heterocycles. The van der Waals surface area contributed by atoms with Crippen LogP contribution in [0.3, 0.4) is 0 Å². The van der Waals surface area contributed by atoms with Gasteiger partial charge >= 0.3 is 5.97 Å². The molecule has 0 spiro atoms. The number of benzene rings is 1. The lowest BCUT2D eigenvalue weighted by atomic mass is 9.96. The van der Waals surface area contributed by atoms with E-state index >= 15 is 0 Å². The van der Waals surface area contributed by atoms with Gasteiger partial charge in [0.2, 0.25) is 17.7 Å². The van der Waals surface area contributed by atoms with Gasteiger partial charge in [-0.05, 0) is 25.3 Å². The summed E-state index contributed by atoms with van der Waals surface area (Å²) in [5, 5.41) is 36.4. The number of nitrogens with two attached hydrogens (primary N) is 1. The summed E-state index contributed by atoms with van der Waals surface area (Å²) in [5.41, 5.74) is 6.32. The van der Waals surface area contributed by atoms with Gasteiger partial charge in [0.05, 0.1) is 12.2 Å². The number of aliphatic hydroxyl groups is 2. The Kier molecular flexibility index (Phi) is 11.6. The third-order valence-electron chi connectivity index (χ3n) is 5.58. The Morgan fingerprint density at radius 2 is 1.38 bits per heavy atom. The second kappa shape index (κ2) is 13.6. The molecule has 190 valence electrons. The van der Waals surface area contributed by atoms with Gasteiger partial charge < -0.3 is 37.0 Å². The van der Waals surface area contributed by atoms with Crippen LogP contribution in [0.5, 0.6) is 0 Å². The number of hydrogen-bond acceptors (Lipinski definition) is 7. The topological polar surface area (TPSA) is 191 Å². The first-order valence-electron chi connectivity index (χ1n) is 11.2. The molecule has 3 amide bonds. The maximum absolute atomic E-state index is 13.0. The first-order valence-corrected chi connectivity index (χ1v) is 11.2. The molecule has 0 saturated carbocycles. The largest absolute Gasteiger partial charge is 0.480 e. The zero-order chi connectivity index (χ0) is 26.0. The van der Waals surface area contributed by atoms with Gasteiger partial charge in [0, 0.05) is 6.42 Å². The van der Waals surface area contributed by atoms with E-state index in [1.165, 1.54) is 13.8 Å². The van der Waals surface area contributed by atoms with Crippen molar-refractivity contribution in [3.8, 4) is 0 Å². The molecule has 0 fully saturated rings. The maximum Gasteiger partial charge on any atom is 0.326 e. The lowest BCUT2D eigenvalue weighted by Gasteiger charge is -2.29. The van der Waals surface area contributed by atoms with Crippen molar-refractivity contribution in [2.24, 2.45) is 11.7 Å². The van der Waals surface area contributed by atoms with Crippen molar-refractivity contribution in [3.05, 3.63) is 35.9 Å². The zero-order valence-electron chi connectivity index (χ0n) is 19.9. The molecular formula is C23H36N4O7. The van der Waals surface area contributed by atoms with Gasteiger partial charge in [-0.15, -0.1) is 0 Å². The molecule has 0 saturated heterocycles. The van der Waals surface area contributed by atoms with E-state index in [4.69, 9.17) is 5.73 Å². The Hall–Kier alpha value is -3.02. The summed E-state index contributed by atoms with van der Waals surface area (Å²) in [6.45, 7) is 6.12. The van der Waals surface area contributed by atoms with Crippen molar-refractivity contribution in [1.82, 2.24) is 16.0 Å². The molecule has 1 aromatic rings. The van der Waals surface area contributed by atoms with Gasteiger partial charge in [-0.25, -0.2) is 4.79 Å². The van der Waals surface area contributed by atoms with E-state index in [9.17, 15) is 34.5 Å². The van der Waals surface area contributed by atoms with Gasteiger partial charge in [-0.2, -0.15) is 0 Å². The van der Waals surface area contributed by atoms with Gasteiger partial charge in [-0.3, -0.25) is 14.4 Å². The van der Waals surface area contributed by atoms with Crippen molar-refractivity contribution >= 4 is 23.7 Å². The lowest BCUT2D eigenvalue weighted by molar-refractivity contribution is -0.143. The summed E-state index contributed by atoms with van der Waals surface area (Å²) < 4.78 is 0. The molecule has 7 atom stereocenters. The fourth-order valence-electron chi connectivity index (χ4n) is 3.13. The molecular weight excluding hydrogens is 444 g/mol. The predicted molar refractivity (Wildman–Crippen MR) is 124 cm³/mol. The smallest absolute Gasteiger partial charge is 0.326 e. The van der Waals surface area contributed by atoms with Crippen LogP contribution >= 0.6 is 0 Å². The molecule has 1 rings (SSSR count). The van der Waals surface area contributed by atoms with E-state index in [2.05, 4.69) is 16.0 Å². The fourth-order valence-corrected chi connectivity index (χ4v) is 3.13. The summed E-state index contributed by atoms with van der Waals surface area (Å²) >= 11 is 0. The number of carbonyl (C=O) groups excluding carboxylic acids is 3. The number of rotatable bonds is 13. The van der Waals surface area contributed by atoms with E-state index in [-0.39, 0.29) is 12.3 Å². The van der Waals surface area contributed by atoms with Gasteiger partial charge in [0.25, 0.3) is 0 Å². The summed E-state index contributed by atoms with van der Waals surface area (Å²) in [6.07, 6.45) is -2.01. The fraction of sp³-hybridized carbons (Fsp3) is 0.565. The number of carbonyl (C=O) groups is 4. The monoisotopic (exact) mass is 480 g/mol. The molecule has 0 heterocycles. The molecule has 1 aromatic carbocycles. The van der Waals surface area contributed by atoms with E-state index < -0.39 is 60.1 Å². The second-order valence-corrected chi connectivity index (χ2v) is 8.45. The van der Waals surface area contributed by atoms with Crippen molar-refractivity contribution in [2.45, 2.75) is 76.9 Å². The summed E-state index contributed by atoms with van der Waals surface area (Å²) in [6, 6.07) is 3.56. The van der Waals surface area contributed by atoms with Crippen LogP contribution in [-0.4, -0.2) is 75.4 Å². The summed E-state index contributed by atoms with van der Waals surface area (Å²) in [5.74, 6) is -4.03. The molecule has 7 unspecified atom stereocenters. The second-order valence-electron chi connectivity index (χ2n) is 8.45. The third-order valence-corrected chi connectivity index (χ3v) is 5.58. The van der Waals surface area contributed by atoms with Crippen molar-refractivity contribution in [1.29, 1.82) is 0 Å². The van der Waals surface area contributed by atoms with Crippen LogP contribution in [-0.2, 0) is 25.6 Å². The average Bonchev–Trinajstić information content (AvgIpc) is 2.79. The van der Waals surface area contributed by atoms with Gasteiger partial charge in [-0.1, -0.05) is 50.6 Å². The van der Waals surface area contributed by atoms with Crippen LogP contribution in [0.4, 0.5) is 0 Å². The minimum Gasteiger partial charge on any atom is -0.480 e. The predicted octanol–water partition coefficient (Wildman–Crippen LogP) is -1.10. The van der Waals surface area contributed by atoms with E-state index in [0.717, 1.165) is 0 Å². The number of aliphatic carboxylic acids is 1. The van der Waals surface area contributed by atoms with Crippen LogP contribution in [0.2, 0.25) is 0 Å². The average molecular weight is 481 g/mol. The highest BCUT2D eigenvalue weighted by Gasteiger charge is 2.34. The molecule has 0 bridgehead atoms. The van der Waals surface area contributed by atoms with Crippen LogP contribution in [0.1, 0.15) is 39.7 Å². The minimum absolute atomic E-state index is 0.00513. The van der Waals surface area contributed by atoms with Crippen molar-refractivity contribution in [2.75, 3.05) is 0 Å². The summed E-state index contributed by atoms with van der Waals surface area (Å²) in [7, 11) is 0. The normalized spacial score (nSPS) is 17.3. The molecule has 11 nitrogen and oxygen atoms in total. The molecule has 34 heavy (non-hydrogen) atoms. The van der Waals surface area contributed by atoms with Crippen LogP contribution < -0.4 is 21.7 Å². The van der Waals surface area contributed by atoms with E-state index in [1.54, 1.807) is 44.2 Å².